The molecule has 0 aliphatic rings. The lowest BCUT2D eigenvalue weighted by atomic mass is 10.3. The van der Waals surface area contributed by atoms with Crippen LogP contribution >= 0.6 is 15.9 Å². The number of hydrogen-bond acceptors (Lipinski definition) is 3. The molecule has 7 heteroatoms. The van der Waals surface area contributed by atoms with Gasteiger partial charge in [-0.25, -0.2) is 9.37 Å². The van der Waals surface area contributed by atoms with Gasteiger partial charge in [0.2, 0.25) is 5.82 Å². The topological polar surface area (TPSA) is 70.7 Å². The first-order valence-electron chi connectivity index (χ1n) is 4.28. The summed E-state index contributed by atoms with van der Waals surface area (Å²) in [5, 5.41) is 8.52. The van der Waals surface area contributed by atoms with E-state index in [0.29, 0.717) is 5.69 Å². The highest BCUT2D eigenvalue weighted by Crippen LogP contribution is 2.20. The summed E-state index contributed by atoms with van der Waals surface area (Å²) >= 11 is 3.02. The highest BCUT2D eigenvalue weighted by Gasteiger charge is 2.09. The Kier molecular flexibility index (Phi) is 2.95. The van der Waals surface area contributed by atoms with E-state index in [1.54, 1.807) is 0 Å². The quantitative estimate of drug-likeness (QED) is 0.886. The van der Waals surface area contributed by atoms with Gasteiger partial charge in [-0.15, -0.1) is 0 Å². The Labute approximate surface area is 98.2 Å². The van der Waals surface area contributed by atoms with Crippen LogP contribution in [0.15, 0.2) is 29.0 Å². The average molecular weight is 285 g/mol. The van der Waals surface area contributed by atoms with Crippen LogP contribution in [0.1, 0.15) is 10.6 Å². The van der Waals surface area contributed by atoms with Gasteiger partial charge >= 0.3 is 0 Å². The lowest BCUT2D eigenvalue weighted by Gasteiger charge is -2.03. The second kappa shape index (κ2) is 4.40. The highest BCUT2D eigenvalue weighted by atomic mass is 79.9. The highest BCUT2D eigenvalue weighted by molar-refractivity contribution is 9.10. The van der Waals surface area contributed by atoms with E-state index >= 15 is 0 Å². The molecule has 0 radical (unpaired) electrons. The summed E-state index contributed by atoms with van der Waals surface area (Å²) in [6, 6.07) is 4.16. The normalized spacial score (nSPS) is 10.1. The molecule has 0 unspecified atom stereocenters. The van der Waals surface area contributed by atoms with Crippen molar-refractivity contribution in [1.29, 1.82) is 0 Å². The first kappa shape index (κ1) is 10.7. The second-order valence-corrected chi connectivity index (χ2v) is 3.77. The fraction of sp³-hybridized carbons (Fsp3) is 0. The van der Waals surface area contributed by atoms with Gasteiger partial charge in [0, 0.05) is 5.69 Å². The molecule has 2 aromatic rings. The summed E-state index contributed by atoms with van der Waals surface area (Å²) in [5.41, 5.74) is 0.467. The average Bonchev–Trinajstić information content (AvgIpc) is 2.77. The number of amides is 1. The molecule has 0 aliphatic heterocycles. The smallest absolute Gasteiger partial charge is 0.292 e. The Morgan fingerprint density at radius 2 is 2.31 bits per heavy atom. The largest absolute Gasteiger partial charge is 0.319 e. The van der Waals surface area contributed by atoms with Gasteiger partial charge < -0.3 is 5.32 Å². The Morgan fingerprint density at radius 1 is 1.50 bits per heavy atom. The molecule has 0 fully saturated rings. The maximum atomic E-state index is 12.9. The number of nitrogens with one attached hydrogen (secondary N) is 2. The van der Waals surface area contributed by atoms with E-state index in [1.165, 1.54) is 24.5 Å². The van der Waals surface area contributed by atoms with E-state index in [-0.39, 0.29) is 10.3 Å². The number of hydrogen-bond donors (Lipinski definition) is 2. The van der Waals surface area contributed by atoms with Crippen LogP contribution in [0.2, 0.25) is 0 Å². The molecule has 1 aromatic heterocycles. The van der Waals surface area contributed by atoms with E-state index in [0.717, 1.165) is 0 Å². The molecule has 5 nitrogen and oxygen atoms in total. The molecular weight excluding hydrogens is 279 g/mol. The van der Waals surface area contributed by atoms with Gasteiger partial charge in [-0.2, -0.15) is 5.10 Å². The van der Waals surface area contributed by atoms with Gasteiger partial charge in [-0.05, 0) is 34.1 Å². The molecule has 0 saturated carbocycles. The predicted octanol–water partition coefficient (Wildman–Crippen LogP) is 1.96. The molecule has 16 heavy (non-hydrogen) atoms. The van der Waals surface area contributed by atoms with Gasteiger partial charge in [0.05, 0.1) is 4.47 Å². The maximum Gasteiger partial charge on any atom is 0.292 e. The van der Waals surface area contributed by atoms with Crippen molar-refractivity contribution in [3.05, 3.63) is 40.6 Å². The van der Waals surface area contributed by atoms with Crippen LogP contribution in [0, 0.1) is 5.82 Å². The number of benzene rings is 1. The van der Waals surface area contributed by atoms with Crippen molar-refractivity contribution >= 4 is 27.5 Å². The standard InChI is InChI=1S/C9H6BrFN4O/c10-6-3-5(1-2-7(6)11)14-9(16)8-12-4-13-15-8/h1-4H,(H,14,16)(H,12,13,15). The molecule has 0 aliphatic carbocycles. The number of aromatic amines is 1. The van der Waals surface area contributed by atoms with Crippen LogP contribution in [0.4, 0.5) is 10.1 Å². The molecule has 0 atom stereocenters. The number of halogens is 2. The number of aromatic nitrogens is 3. The molecule has 0 bridgehead atoms. The first-order chi connectivity index (χ1) is 7.66. The Morgan fingerprint density at radius 3 is 2.94 bits per heavy atom. The number of carbonyl (C=O) groups is 1. The number of carbonyl (C=O) groups excluding carboxylic acids is 1. The monoisotopic (exact) mass is 284 g/mol. The van der Waals surface area contributed by atoms with Crippen LogP contribution in [-0.4, -0.2) is 21.1 Å². The zero-order valence-corrected chi connectivity index (χ0v) is 9.45. The van der Waals surface area contributed by atoms with E-state index in [9.17, 15) is 9.18 Å². The lowest BCUT2D eigenvalue weighted by molar-refractivity contribution is 0.101. The van der Waals surface area contributed by atoms with Crippen molar-refractivity contribution in [2.45, 2.75) is 0 Å². The summed E-state index contributed by atoms with van der Waals surface area (Å²) in [7, 11) is 0. The zero-order chi connectivity index (χ0) is 11.5. The van der Waals surface area contributed by atoms with Crippen molar-refractivity contribution in [3.8, 4) is 0 Å². The summed E-state index contributed by atoms with van der Waals surface area (Å²) in [6.45, 7) is 0. The van der Waals surface area contributed by atoms with Crippen molar-refractivity contribution in [1.82, 2.24) is 15.2 Å². The number of rotatable bonds is 2. The van der Waals surface area contributed by atoms with Gasteiger partial charge in [-0.3, -0.25) is 9.89 Å². The van der Waals surface area contributed by atoms with Crippen molar-refractivity contribution in [3.63, 3.8) is 0 Å². The van der Waals surface area contributed by atoms with E-state index < -0.39 is 11.7 Å². The molecule has 0 saturated heterocycles. The minimum atomic E-state index is -0.434. The summed E-state index contributed by atoms with van der Waals surface area (Å²) in [5.74, 6) is -0.728. The number of nitrogens with zero attached hydrogens (tertiary/aromatic N) is 2. The Bertz CT molecular complexity index is 514. The van der Waals surface area contributed by atoms with Crippen LogP contribution in [0.3, 0.4) is 0 Å². The van der Waals surface area contributed by atoms with Gasteiger partial charge in [0.25, 0.3) is 5.91 Å². The van der Waals surface area contributed by atoms with Gasteiger partial charge in [0.15, 0.2) is 0 Å². The maximum absolute atomic E-state index is 12.9. The predicted molar refractivity (Wildman–Crippen MR) is 58.4 cm³/mol. The summed E-state index contributed by atoms with van der Waals surface area (Å²) < 4.78 is 13.2. The van der Waals surface area contributed by atoms with Gasteiger partial charge in [-0.1, -0.05) is 0 Å². The fourth-order valence-electron chi connectivity index (χ4n) is 1.08. The van der Waals surface area contributed by atoms with Crippen LogP contribution in [-0.2, 0) is 0 Å². The van der Waals surface area contributed by atoms with Crippen molar-refractivity contribution < 1.29 is 9.18 Å². The number of H-pyrrole nitrogens is 1. The third-order valence-electron chi connectivity index (χ3n) is 1.81. The van der Waals surface area contributed by atoms with E-state index in [4.69, 9.17) is 0 Å². The van der Waals surface area contributed by atoms with Gasteiger partial charge in [0.1, 0.15) is 12.1 Å². The van der Waals surface area contributed by atoms with E-state index in [1.807, 2.05) is 0 Å². The minimum Gasteiger partial charge on any atom is -0.319 e. The third-order valence-corrected chi connectivity index (χ3v) is 2.42. The number of anilines is 1. The van der Waals surface area contributed by atoms with Crippen LogP contribution in [0.25, 0.3) is 0 Å². The third kappa shape index (κ3) is 2.25. The molecule has 2 rings (SSSR count). The minimum absolute atomic E-state index is 0.0976. The zero-order valence-electron chi connectivity index (χ0n) is 7.87. The Balaban J connectivity index is 2.15. The fourth-order valence-corrected chi connectivity index (χ4v) is 1.46. The van der Waals surface area contributed by atoms with Crippen LogP contribution < -0.4 is 5.32 Å². The van der Waals surface area contributed by atoms with Crippen molar-refractivity contribution in [2.75, 3.05) is 5.32 Å². The van der Waals surface area contributed by atoms with Crippen LogP contribution in [0.5, 0.6) is 0 Å². The molecule has 1 aromatic carbocycles. The first-order valence-corrected chi connectivity index (χ1v) is 5.08. The van der Waals surface area contributed by atoms with E-state index in [2.05, 4.69) is 36.4 Å². The Hall–Kier alpha value is -1.76. The molecule has 82 valence electrons. The molecule has 0 spiro atoms. The summed E-state index contributed by atoms with van der Waals surface area (Å²) in [4.78, 5) is 15.2. The lowest BCUT2D eigenvalue weighted by Crippen LogP contribution is -2.13. The molecular formula is C9H6BrFN4O. The SMILES string of the molecule is O=C(Nc1ccc(F)c(Br)c1)c1ncn[nH]1. The molecule has 2 N–H and O–H groups in total. The van der Waals surface area contributed by atoms with Crippen molar-refractivity contribution in [2.24, 2.45) is 0 Å². The summed E-state index contributed by atoms with van der Waals surface area (Å²) in [6.07, 6.45) is 1.23. The second-order valence-electron chi connectivity index (χ2n) is 2.92. The molecule has 1 heterocycles. The molecule has 1 amide bonds.